The van der Waals surface area contributed by atoms with Crippen LogP contribution in [0.15, 0.2) is 18.2 Å². The van der Waals surface area contributed by atoms with Gasteiger partial charge in [0.2, 0.25) is 0 Å². The summed E-state index contributed by atoms with van der Waals surface area (Å²) < 4.78 is 30.7. The Morgan fingerprint density at radius 2 is 2.27 bits per heavy atom. The van der Waals surface area contributed by atoms with Crippen molar-refractivity contribution in [1.29, 1.82) is 0 Å². The van der Waals surface area contributed by atoms with Crippen LogP contribution in [-0.4, -0.2) is 25.2 Å². The van der Waals surface area contributed by atoms with E-state index in [0.29, 0.717) is 13.2 Å². The summed E-state index contributed by atoms with van der Waals surface area (Å²) in [5, 5.41) is 2.46. The first-order chi connectivity index (χ1) is 7.16. The Morgan fingerprint density at radius 3 is 2.93 bits per heavy atom. The van der Waals surface area contributed by atoms with Crippen LogP contribution in [0.1, 0.15) is 10.4 Å². The Hall–Kier alpha value is -1.49. The summed E-state index contributed by atoms with van der Waals surface area (Å²) in [5.41, 5.74) is -0.282. The van der Waals surface area contributed by atoms with Gasteiger partial charge in [-0.05, 0) is 18.2 Å². The lowest BCUT2D eigenvalue weighted by atomic mass is 10.2. The maximum absolute atomic E-state index is 13.1. The Morgan fingerprint density at radius 1 is 1.53 bits per heavy atom. The molecule has 1 saturated heterocycles. The van der Waals surface area contributed by atoms with Crippen molar-refractivity contribution in [2.45, 2.75) is 6.10 Å². The third-order valence-electron chi connectivity index (χ3n) is 2.07. The molecule has 1 N–H and O–H groups in total. The van der Waals surface area contributed by atoms with Crippen LogP contribution in [0, 0.1) is 11.6 Å². The number of amides is 1. The van der Waals surface area contributed by atoms with Crippen molar-refractivity contribution in [3.63, 3.8) is 0 Å². The Balaban J connectivity index is 2.05. The van der Waals surface area contributed by atoms with Gasteiger partial charge >= 0.3 is 0 Å². The van der Waals surface area contributed by atoms with Gasteiger partial charge in [0.25, 0.3) is 5.91 Å². The second kappa shape index (κ2) is 3.94. The van der Waals surface area contributed by atoms with Crippen LogP contribution in [-0.2, 0) is 4.74 Å². The average Bonchev–Trinajstić information content (AvgIpc) is 3.02. The van der Waals surface area contributed by atoms with Gasteiger partial charge in [-0.3, -0.25) is 4.79 Å². The lowest BCUT2D eigenvalue weighted by Crippen LogP contribution is -2.28. The van der Waals surface area contributed by atoms with Crippen molar-refractivity contribution in [3.05, 3.63) is 35.4 Å². The molecule has 1 fully saturated rings. The van der Waals surface area contributed by atoms with Crippen molar-refractivity contribution < 1.29 is 18.3 Å². The molecule has 5 heteroatoms. The largest absolute Gasteiger partial charge is 0.371 e. The molecule has 0 saturated carbocycles. The lowest BCUT2D eigenvalue weighted by Gasteiger charge is -2.04. The molecule has 1 unspecified atom stereocenters. The van der Waals surface area contributed by atoms with Gasteiger partial charge in [-0.15, -0.1) is 0 Å². The highest BCUT2D eigenvalue weighted by Crippen LogP contribution is 2.11. The molecular weight excluding hydrogens is 204 g/mol. The molecule has 0 aromatic heterocycles. The number of hydrogen-bond donors (Lipinski definition) is 1. The molecule has 0 radical (unpaired) electrons. The van der Waals surface area contributed by atoms with E-state index in [0.717, 1.165) is 18.2 Å². The predicted molar refractivity (Wildman–Crippen MR) is 48.4 cm³/mol. The fourth-order valence-electron chi connectivity index (χ4n) is 1.16. The summed E-state index contributed by atoms with van der Waals surface area (Å²) in [7, 11) is 0. The minimum absolute atomic E-state index is 0.0190. The molecule has 0 bridgehead atoms. The number of rotatable bonds is 3. The van der Waals surface area contributed by atoms with Crippen LogP contribution in [0.3, 0.4) is 0 Å². The lowest BCUT2D eigenvalue weighted by molar-refractivity contribution is 0.0946. The Labute approximate surface area is 85.0 Å². The summed E-state index contributed by atoms with van der Waals surface area (Å²) in [5.74, 6) is -1.99. The van der Waals surface area contributed by atoms with Crippen LogP contribution >= 0.6 is 0 Å². The van der Waals surface area contributed by atoms with E-state index in [4.69, 9.17) is 4.74 Å². The molecule has 80 valence electrons. The minimum Gasteiger partial charge on any atom is -0.371 e. The van der Waals surface area contributed by atoms with E-state index in [1.807, 2.05) is 0 Å². The average molecular weight is 213 g/mol. The SMILES string of the molecule is O=C(NCC1CO1)c1cc(F)ccc1F. The van der Waals surface area contributed by atoms with E-state index in [1.165, 1.54) is 0 Å². The van der Waals surface area contributed by atoms with Gasteiger partial charge in [0.15, 0.2) is 0 Å². The van der Waals surface area contributed by atoms with Gasteiger partial charge in [-0.2, -0.15) is 0 Å². The molecule has 1 heterocycles. The maximum Gasteiger partial charge on any atom is 0.254 e. The van der Waals surface area contributed by atoms with E-state index >= 15 is 0 Å². The van der Waals surface area contributed by atoms with E-state index in [-0.39, 0.29) is 11.7 Å². The van der Waals surface area contributed by atoms with Crippen LogP contribution in [0.4, 0.5) is 8.78 Å². The number of carbonyl (C=O) groups excluding carboxylic acids is 1. The molecule has 0 aliphatic carbocycles. The van der Waals surface area contributed by atoms with Gasteiger partial charge in [0.1, 0.15) is 11.6 Å². The maximum atomic E-state index is 13.1. The second-order valence-electron chi connectivity index (χ2n) is 3.29. The first kappa shape index (κ1) is 10.0. The molecule has 0 spiro atoms. The van der Waals surface area contributed by atoms with Gasteiger partial charge in [-0.25, -0.2) is 8.78 Å². The molecule has 3 nitrogen and oxygen atoms in total. The molecule has 1 aliphatic heterocycles. The van der Waals surface area contributed by atoms with E-state index in [9.17, 15) is 13.6 Å². The number of epoxide rings is 1. The summed E-state index contributed by atoms with van der Waals surface area (Å²) in [4.78, 5) is 11.4. The zero-order valence-electron chi connectivity index (χ0n) is 7.80. The van der Waals surface area contributed by atoms with Gasteiger partial charge in [0.05, 0.1) is 18.3 Å². The Kier molecular flexibility index (Phi) is 2.64. The number of hydrogen-bond acceptors (Lipinski definition) is 2. The first-order valence-corrected chi connectivity index (χ1v) is 4.51. The fourth-order valence-corrected chi connectivity index (χ4v) is 1.16. The molecule has 1 atom stereocenters. The van der Waals surface area contributed by atoms with E-state index in [1.54, 1.807) is 0 Å². The first-order valence-electron chi connectivity index (χ1n) is 4.51. The molecule has 2 rings (SSSR count). The topological polar surface area (TPSA) is 41.6 Å². The number of ether oxygens (including phenoxy) is 1. The minimum atomic E-state index is -0.731. The predicted octanol–water partition coefficient (Wildman–Crippen LogP) is 1.09. The normalized spacial score (nSPS) is 18.7. The third kappa shape index (κ3) is 2.50. The number of nitrogens with one attached hydrogen (secondary N) is 1. The summed E-state index contributed by atoms with van der Waals surface area (Å²) in [6.45, 7) is 0.931. The van der Waals surface area contributed by atoms with Crippen molar-refractivity contribution >= 4 is 5.91 Å². The second-order valence-corrected chi connectivity index (χ2v) is 3.29. The summed E-state index contributed by atoms with van der Waals surface area (Å²) in [6.07, 6.45) is 0.0190. The highest BCUT2D eigenvalue weighted by molar-refractivity contribution is 5.94. The van der Waals surface area contributed by atoms with Crippen molar-refractivity contribution in [2.24, 2.45) is 0 Å². The molecule has 1 aromatic carbocycles. The molecule has 15 heavy (non-hydrogen) atoms. The summed E-state index contributed by atoms with van der Waals surface area (Å²) >= 11 is 0. The zero-order valence-corrected chi connectivity index (χ0v) is 7.80. The van der Waals surface area contributed by atoms with Crippen LogP contribution < -0.4 is 5.32 Å². The molecular formula is C10H9F2NO2. The van der Waals surface area contributed by atoms with Crippen molar-refractivity contribution in [1.82, 2.24) is 5.32 Å². The van der Waals surface area contributed by atoms with Crippen LogP contribution in [0.5, 0.6) is 0 Å². The molecule has 1 amide bonds. The molecule has 1 aromatic rings. The number of carbonyl (C=O) groups is 1. The summed E-state index contributed by atoms with van der Waals surface area (Å²) in [6, 6.07) is 2.77. The number of halogens is 2. The van der Waals surface area contributed by atoms with Gasteiger partial charge < -0.3 is 10.1 Å². The zero-order chi connectivity index (χ0) is 10.8. The van der Waals surface area contributed by atoms with Crippen LogP contribution in [0.2, 0.25) is 0 Å². The van der Waals surface area contributed by atoms with Crippen LogP contribution in [0.25, 0.3) is 0 Å². The smallest absolute Gasteiger partial charge is 0.254 e. The van der Waals surface area contributed by atoms with Crippen molar-refractivity contribution in [3.8, 4) is 0 Å². The van der Waals surface area contributed by atoms with Crippen molar-refractivity contribution in [2.75, 3.05) is 13.2 Å². The van der Waals surface area contributed by atoms with Gasteiger partial charge in [-0.1, -0.05) is 0 Å². The highest BCUT2D eigenvalue weighted by atomic mass is 19.1. The van der Waals surface area contributed by atoms with Gasteiger partial charge in [0, 0.05) is 6.54 Å². The van der Waals surface area contributed by atoms with E-state index in [2.05, 4.69) is 5.32 Å². The fraction of sp³-hybridized carbons (Fsp3) is 0.300. The third-order valence-corrected chi connectivity index (χ3v) is 2.07. The monoisotopic (exact) mass is 213 g/mol. The molecule has 1 aliphatic rings. The standard InChI is InChI=1S/C10H9F2NO2/c11-6-1-2-9(12)8(3-6)10(14)13-4-7-5-15-7/h1-3,7H,4-5H2,(H,13,14). The Bertz CT molecular complexity index is 391. The highest BCUT2D eigenvalue weighted by Gasteiger charge is 2.23. The van der Waals surface area contributed by atoms with E-state index < -0.39 is 17.5 Å². The number of benzene rings is 1. The quantitative estimate of drug-likeness (QED) is 0.764.